The summed E-state index contributed by atoms with van der Waals surface area (Å²) in [6.45, 7) is 3.46. The first-order valence-electron chi connectivity index (χ1n) is 12.0. The van der Waals surface area contributed by atoms with Gasteiger partial charge in [0.15, 0.2) is 0 Å². The Morgan fingerprint density at radius 1 is 1.00 bits per heavy atom. The van der Waals surface area contributed by atoms with Gasteiger partial charge < -0.3 is 10.2 Å². The van der Waals surface area contributed by atoms with Gasteiger partial charge in [-0.25, -0.2) is 4.31 Å². The van der Waals surface area contributed by atoms with E-state index in [1.54, 1.807) is 37.3 Å². The van der Waals surface area contributed by atoms with Crippen LogP contribution in [0.3, 0.4) is 0 Å². The molecule has 0 heterocycles. The zero-order valence-corrected chi connectivity index (χ0v) is 21.8. The van der Waals surface area contributed by atoms with Crippen LogP contribution in [0.25, 0.3) is 0 Å². The number of anilines is 1. The molecule has 1 fully saturated rings. The maximum absolute atomic E-state index is 13.7. The van der Waals surface area contributed by atoms with Gasteiger partial charge in [0, 0.05) is 26.7 Å². The topological polar surface area (TPSA) is 90.0 Å². The van der Waals surface area contributed by atoms with Gasteiger partial charge in [0.05, 0.1) is 5.69 Å². The van der Waals surface area contributed by atoms with Gasteiger partial charge in [0.2, 0.25) is 11.8 Å². The largest absolute Gasteiger partial charge is 0.352 e. The molecule has 0 aliphatic heterocycles. The lowest BCUT2D eigenvalue weighted by Gasteiger charge is -2.33. The van der Waals surface area contributed by atoms with E-state index in [-0.39, 0.29) is 18.5 Å². The van der Waals surface area contributed by atoms with E-state index in [2.05, 4.69) is 5.32 Å². The van der Waals surface area contributed by atoms with Gasteiger partial charge in [-0.3, -0.25) is 9.59 Å². The van der Waals surface area contributed by atoms with Crippen LogP contribution in [0.1, 0.15) is 43.7 Å². The van der Waals surface area contributed by atoms with Crippen molar-refractivity contribution in [3.05, 3.63) is 65.7 Å². The third kappa shape index (κ3) is 6.82. The van der Waals surface area contributed by atoms with Crippen LogP contribution in [-0.2, 0) is 26.3 Å². The number of carbonyl (C=O) groups is 2. The Balaban J connectivity index is 1.89. The van der Waals surface area contributed by atoms with Gasteiger partial charge in [-0.15, -0.1) is 0 Å². The highest BCUT2D eigenvalue weighted by Crippen LogP contribution is 2.21. The summed E-state index contributed by atoms with van der Waals surface area (Å²) in [5.74, 6) is -0.673. The Morgan fingerprint density at radius 2 is 1.60 bits per heavy atom. The van der Waals surface area contributed by atoms with E-state index in [0.717, 1.165) is 45.4 Å². The number of benzene rings is 2. The molecule has 0 spiro atoms. The van der Waals surface area contributed by atoms with Gasteiger partial charge >= 0.3 is 10.2 Å². The molecule has 9 heteroatoms. The lowest BCUT2D eigenvalue weighted by Crippen LogP contribution is -2.53. The molecule has 0 saturated heterocycles. The van der Waals surface area contributed by atoms with Crippen molar-refractivity contribution >= 4 is 27.7 Å². The number of nitrogens with zero attached hydrogens (tertiary/aromatic N) is 3. The number of nitrogens with one attached hydrogen (secondary N) is 1. The average molecular weight is 501 g/mol. The van der Waals surface area contributed by atoms with E-state index in [4.69, 9.17) is 0 Å². The Morgan fingerprint density at radius 3 is 2.17 bits per heavy atom. The smallest absolute Gasteiger partial charge is 0.304 e. The SMILES string of the molecule is Cc1ccc(CN(C(=O)CN(c2ccccc2)S(=O)(=O)N(C)C)[C@H](C)C(=O)NC2CCCC2)cc1. The summed E-state index contributed by atoms with van der Waals surface area (Å²) in [6, 6.07) is 15.6. The van der Waals surface area contributed by atoms with E-state index in [1.807, 2.05) is 31.2 Å². The molecule has 2 aromatic rings. The van der Waals surface area contributed by atoms with Crippen LogP contribution < -0.4 is 9.62 Å². The number of hydrogen-bond donors (Lipinski definition) is 1. The second-order valence-electron chi connectivity index (χ2n) is 9.31. The molecule has 1 aliphatic rings. The van der Waals surface area contributed by atoms with Crippen molar-refractivity contribution in [2.24, 2.45) is 0 Å². The first-order chi connectivity index (χ1) is 16.6. The van der Waals surface area contributed by atoms with Crippen molar-refractivity contribution in [2.75, 3.05) is 24.9 Å². The van der Waals surface area contributed by atoms with Crippen molar-refractivity contribution in [2.45, 2.75) is 58.2 Å². The molecule has 1 aliphatic carbocycles. The minimum atomic E-state index is -3.95. The number of rotatable bonds is 10. The number of amides is 2. The quantitative estimate of drug-likeness (QED) is 0.543. The van der Waals surface area contributed by atoms with Crippen LogP contribution in [0.5, 0.6) is 0 Å². The molecule has 2 amide bonds. The monoisotopic (exact) mass is 500 g/mol. The van der Waals surface area contributed by atoms with Crippen molar-refractivity contribution in [3.8, 4) is 0 Å². The standard InChI is InChI=1S/C26H36N4O4S/c1-20-14-16-22(17-15-20)18-29(21(2)26(32)27-23-10-8-9-11-23)25(31)19-30(35(33,34)28(3)4)24-12-6-5-7-13-24/h5-7,12-17,21,23H,8-11,18-19H2,1-4H3,(H,27,32)/t21-/m1/s1. The molecule has 0 radical (unpaired) electrons. The van der Waals surface area contributed by atoms with E-state index in [0.29, 0.717) is 5.69 Å². The summed E-state index contributed by atoms with van der Waals surface area (Å²) in [5.41, 5.74) is 2.34. The molecule has 0 aromatic heterocycles. The van der Waals surface area contributed by atoms with Crippen LogP contribution in [0.2, 0.25) is 0 Å². The Labute approximate surface area is 209 Å². The van der Waals surface area contributed by atoms with Crippen LogP contribution >= 0.6 is 0 Å². The van der Waals surface area contributed by atoms with Crippen molar-refractivity contribution in [1.29, 1.82) is 0 Å². The number of aryl methyl sites for hydroxylation is 1. The van der Waals surface area contributed by atoms with Crippen LogP contribution in [-0.4, -0.2) is 62.2 Å². The van der Waals surface area contributed by atoms with E-state index < -0.39 is 28.7 Å². The molecule has 1 N–H and O–H groups in total. The molecule has 1 saturated carbocycles. The van der Waals surface area contributed by atoms with E-state index >= 15 is 0 Å². The number of carbonyl (C=O) groups excluding carboxylic acids is 2. The third-order valence-electron chi connectivity index (χ3n) is 6.41. The van der Waals surface area contributed by atoms with Gasteiger partial charge in [-0.05, 0) is 44.4 Å². The highest BCUT2D eigenvalue weighted by molar-refractivity contribution is 7.90. The molecular formula is C26H36N4O4S. The predicted molar refractivity (Wildman–Crippen MR) is 138 cm³/mol. The minimum Gasteiger partial charge on any atom is -0.352 e. The van der Waals surface area contributed by atoms with Gasteiger partial charge in [-0.2, -0.15) is 12.7 Å². The highest BCUT2D eigenvalue weighted by Gasteiger charge is 2.33. The lowest BCUT2D eigenvalue weighted by atomic mass is 10.1. The second-order valence-corrected chi connectivity index (χ2v) is 11.4. The molecule has 0 unspecified atom stereocenters. The first kappa shape index (κ1) is 26.7. The fourth-order valence-corrected chi connectivity index (χ4v) is 5.23. The number of para-hydroxylation sites is 1. The maximum atomic E-state index is 13.7. The molecule has 8 nitrogen and oxygen atoms in total. The Kier molecular flexibility index (Phi) is 8.91. The molecule has 0 bridgehead atoms. The lowest BCUT2D eigenvalue weighted by molar-refractivity contribution is -0.139. The zero-order valence-electron chi connectivity index (χ0n) is 21.0. The van der Waals surface area contributed by atoms with Crippen LogP contribution in [0.15, 0.2) is 54.6 Å². The first-order valence-corrected chi connectivity index (χ1v) is 13.4. The zero-order chi connectivity index (χ0) is 25.6. The summed E-state index contributed by atoms with van der Waals surface area (Å²) in [4.78, 5) is 28.2. The van der Waals surface area contributed by atoms with Gasteiger partial charge in [-0.1, -0.05) is 60.9 Å². The maximum Gasteiger partial charge on any atom is 0.304 e. The molecule has 1 atom stereocenters. The Hall–Kier alpha value is -2.91. The third-order valence-corrected chi connectivity index (χ3v) is 8.23. The average Bonchev–Trinajstić information content (AvgIpc) is 3.35. The highest BCUT2D eigenvalue weighted by atomic mass is 32.2. The van der Waals surface area contributed by atoms with Crippen molar-refractivity contribution in [1.82, 2.24) is 14.5 Å². The van der Waals surface area contributed by atoms with Gasteiger partial charge in [0.1, 0.15) is 12.6 Å². The molecule has 35 heavy (non-hydrogen) atoms. The molecular weight excluding hydrogens is 464 g/mol. The fraction of sp³-hybridized carbons (Fsp3) is 0.462. The fourth-order valence-electron chi connectivity index (χ4n) is 4.18. The summed E-state index contributed by atoms with van der Waals surface area (Å²) < 4.78 is 28.4. The van der Waals surface area contributed by atoms with Crippen molar-refractivity contribution in [3.63, 3.8) is 0 Å². The second kappa shape index (κ2) is 11.7. The molecule has 2 aromatic carbocycles. The molecule has 190 valence electrons. The minimum absolute atomic E-state index is 0.121. The number of hydrogen-bond acceptors (Lipinski definition) is 4. The summed E-state index contributed by atoms with van der Waals surface area (Å²) in [7, 11) is -1.09. The summed E-state index contributed by atoms with van der Waals surface area (Å²) >= 11 is 0. The summed E-state index contributed by atoms with van der Waals surface area (Å²) in [5, 5.41) is 3.07. The Bertz CT molecular complexity index is 1100. The normalized spacial score (nSPS) is 15.1. The van der Waals surface area contributed by atoms with Crippen LogP contribution in [0, 0.1) is 6.92 Å². The van der Waals surface area contributed by atoms with Crippen LogP contribution in [0.4, 0.5) is 5.69 Å². The van der Waals surface area contributed by atoms with E-state index in [9.17, 15) is 18.0 Å². The molecule has 3 rings (SSSR count). The summed E-state index contributed by atoms with van der Waals surface area (Å²) in [6.07, 6.45) is 4.04. The van der Waals surface area contributed by atoms with Crippen molar-refractivity contribution < 1.29 is 18.0 Å². The van der Waals surface area contributed by atoms with Gasteiger partial charge in [0.25, 0.3) is 0 Å². The predicted octanol–water partition coefficient (Wildman–Crippen LogP) is 3.08. The van der Waals surface area contributed by atoms with E-state index in [1.165, 1.54) is 19.0 Å².